The second-order valence-corrected chi connectivity index (χ2v) is 4.09. The maximum Gasteiger partial charge on any atom is 0.264 e. The predicted octanol–water partition coefficient (Wildman–Crippen LogP) is 2.55. The molecule has 16 heavy (non-hydrogen) atoms. The van der Waals surface area contributed by atoms with Crippen LogP contribution in [-0.4, -0.2) is 15.3 Å². The lowest BCUT2D eigenvalue weighted by molar-refractivity contribution is 0.155. The van der Waals surface area contributed by atoms with Gasteiger partial charge in [0.25, 0.3) is 5.89 Å². The van der Waals surface area contributed by atoms with Gasteiger partial charge in [0.05, 0.1) is 11.3 Å². The van der Waals surface area contributed by atoms with E-state index in [1.165, 1.54) is 13.8 Å². The highest BCUT2D eigenvalue weighted by molar-refractivity contribution is 5.59. The highest BCUT2D eigenvalue weighted by Crippen LogP contribution is 2.28. The van der Waals surface area contributed by atoms with Crippen molar-refractivity contribution in [3.8, 4) is 11.4 Å². The van der Waals surface area contributed by atoms with Crippen LogP contribution in [0.25, 0.3) is 11.4 Å². The standard InChI is InChI=1S/C10H12FN3O2/c1-5-7(6(2)15-13-5)8-12-9(16-14-8)10(3,4)11/h1-4H3. The van der Waals surface area contributed by atoms with E-state index in [4.69, 9.17) is 9.05 Å². The molecule has 0 saturated heterocycles. The average molecular weight is 225 g/mol. The Balaban J connectivity index is 2.47. The van der Waals surface area contributed by atoms with E-state index in [0.29, 0.717) is 22.8 Å². The van der Waals surface area contributed by atoms with Crippen LogP contribution in [0.5, 0.6) is 0 Å². The van der Waals surface area contributed by atoms with Gasteiger partial charge in [0, 0.05) is 0 Å². The third kappa shape index (κ3) is 1.70. The average Bonchev–Trinajstić information content (AvgIpc) is 2.72. The molecule has 0 bridgehead atoms. The van der Waals surface area contributed by atoms with E-state index in [1.807, 2.05) is 0 Å². The highest BCUT2D eigenvalue weighted by Gasteiger charge is 2.28. The zero-order valence-corrected chi connectivity index (χ0v) is 9.54. The van der Waals surface area contributed by atoms with Crippen LogP contribution in [0.2, 0.25) is 0 Å². The summed E-state index contributed by atoms with van der Waals surface area (Å²) in [6, 6.07) is 0. The van der Waals surface area contributed by atoms with E-state index in [1.54, 1.807) is 13.8 Å². The second-order valence-electron chi connectivity index (χ2n) is 4.09. The van der Waals surface area contributed by atoms with Crippen molar-refractivity contribution in [2.45, 2.75) is 33.4 Å². The Hall–Kier alpha value is -1.72. The molecule has 2 rings (SSSR count). The smallest absolute Gasteiger partial charge is 0.264 e. The van der Waals surface area contributed by atoms with Gasteiger partial charge in [0.2, 0.25) is 5.82 Å². The number of alkyl halides is 1. The van der Waals surface area contributed by atoms with Crippen molar-refractivity contribution in [1.82, 2.24) is 15.3 Å². The van der Waals surface area contributed by atoms with Crippen molar-refractivity contribution in [2.75, 3.05) is 0 Å². The van der Waals surface area contributed by atoms with Gasteiger partial charge >= 0.3 is 0 Å². The number of rotatable bonds is 2. The summed E-state index contributed by atoms with van der Waals surface area (Å²) in [4.78, 5) is 3.99. The summed E-state index contributed by atoms with van der Waals surface area (Å²) in [5.41, 5.74) is -0.342. The molecule has 0 amide bonds. The first-order valence-electron chi connectivity index (χ1n) is 4.86. The number of hydrogen-bond donors (Lipinski definition) is 0. The molecule has 5 nitrogen and oxygen atoms in total. The highest BCUT2D eigenvalue weighted by atomic mass is 19.1. The van der Waals surface area contributed by atoms with E-state index in [0.717, 1.165) is 0 Å². The van der Waals surface area contributed by atoms with Gasteiger partial charge in [-0.1, -0.05) is 10.3 Å². The van der Waals surface area contributed by atoms with Crippen molar-refractivity contribution in [1.29, 1.82) is 0 Å². The Morgan fingerprint density at radius 3 is 2.25 bits per heavy atom. The molecular formula is C10H12FN3O2. The molecule has 2 aromatic rings. The molecule has 6 heteroatoms. The molecule has 2 heterocycles. The van der Waals surface area contributed by atoms with Crippen LogP contribution in [-0.2, 0) is 5.67 Å². The summed E-state index contributed by atoms with van der Waals surface area (Å²) >= 11 is 0. The zero-order chi connectivity index (χ0) is 11.9. The molecule has 0 saturated carbocycles. The molecule has 0 aliphatic rings. The van der Waals surface area contributed by atoms with Crippen molar-refractivity contribution in [3.05, 3.63) is 17.3 Å². The number of halogens is 1. The topological polar surface area (TPSA) is 65.0 Å². The van der Waals surface area contributed by atoms with E-state index >= 15 is 0 Å². The van der Waals surface area contributed by atoms with Crippen molar-refractivity contribution < 1.29 is 13.4 Å². The third-order valence-electron chi connectivity index (χ3n) is 2.19. The molecule has 0 N–H and O–H groups in total. The van der Waals surface area contributed by atoms with Gasteiger partial charge in [0.15, 0.2) is 5.67 Å². The summed E-state index contributed by atoms with van der Waals surface area (Å²) in [6.07, 6.45) is 0. The van der Waals surface area contributed by atoms with Crippen LogP contribution in [0, 0.1) is 13.8 Å². The summed E-state index contributed by atoms with van der Waals surface area (Å²) < 4.78 is 23.4. The van der Waals surface area contributed by atoms with Gasteiger partial charge in [-0.2, -0.15) is 4.98 Å². The summed E-state index contributed by atoms with van der Waals surface area (Å²) in [5, 5.41) is 7.49. The van der Waals surface area contributed by atoms with Crippen LogP contribution >= 0.6 is 0 Å². The number of hydrogen-bond acceptors (Lipinski definition) is 5. The quantitative estimate of drug-likeness (QED) is 0.785. The second kappa shape index (κ2) is 3.40. The largest absolute Gasteiger partial charge is 0.361 e. The molecule has 0 spiro atoms. The van der Waals surface area contributed by atoms with Gasteiger partial charge in [0.1, 0.15) is 5.76 Å². The van der Waals surface area contributed by atoms with Gasteiger partial charge in [-0.05, 0) is 27.7 Å². The van der Waals surface area contributed by atoms with Crippen molar-refractivity contribution >= 4 is 0 Å². The molecule has 0 unspecified atom stereocenters. The lowest BCUT2D eigenvalue weighted by Gasteiger charge is -2.05. The predicted molar refractivity (Wildman–Crippen MR) is 53.4 cm³/mol. The number of nitrogens with zero attached hydrogens (tertiary/aromatic N) is 3. The van der Waals surface area contributed by atoms with Crippen molar-refractivity contribution in [2.24, 2.45) is 0 Å². The Morgan fingerprint density at radius 2 is 1.81 bits per heavy atom. The normalized spacial score (nSPS) is 12.1. The van der Waals surface area contributed by atoms with Gasteiger partial charge in [-0.15, -0.1) is 0 Å². The lowest BCUT2D eigenvalue weighted by Crippen LogP contribution is -2.09. The van der Waals surface area contributed by atoms with E-state index in [-0.39, 0.29) is 5.89 Å². The summed E-state index contributed by atoms with van der Waals surface area (Å²) in [7, 11) is 0. The minimum Gasteiger partial charge on any atom is -0.361 e. The summed E-state index contributed by atoms with van der Waals surface area (Å²) in [6.45, 7) is 6.23. The van der Waals surface area contributed by atoms with Crippen LogP contribution in [0.4, 0.5) is 4.39 Å². The van der Waals surface area contributed by atoms with Crippen LogP contribution in [0.1, 0.15) is 31.2 Å². The fourth-order valence-corrected chi connectivity index (χ4v) is 1.37. The van der Waals surface area contributed by atoms with Crippen LogP contribution in [0.3, 0.4) is 0 Å². The molecular weight excluding hydrogens is 213 g/mol. The molecule has 0 aliphatic heterocycles. The first-order valence-corrected chi connectivity index (χ1v) is 4.86. The van der Waals surface area contributed by atoms with Crippen LogP contribution in [0.15, 0.2) is 9.05 Å². The molecule has 2 aromatic heterocycles. The fourth-order valence-electron chi connectivity index (χ4n) is 1.37. The first kappa shape index (κ1) is 10.8. The number of aromatic nitrogens is 3. The van der Waals surface area contributed by atoms with Crippen LogP contribution < -0.4 is 0 Å². The minimum atomic E-state index is -1.65. The van der Waals surface area contributed by atoms with E-state index in [2.05, 4.69) is 15.3 Å². The van der Waals surface area contributed by atoms with Gasteiger partial charge in [-0.3, -0.25) is 0 Å². The fraction of sp³-hybridized carbons (Fsp3) is 0.500. The lowest BCUT2D eigenvalue weighted by atomic mass is 10.1. The van der Waals surface area contributed by atoms with E-state index in [9.17, 15) is 4.39 Å². The number of aryl methyl sites for hydroxylation is 2. The molecule has 0 aliphatic carbocycles. The molecule has 0 radical (unpaired) electrons. The maximum absolute atomic E-state index is 13.5. The van der Waals surface area contributed by atoms with Gasteiger partial charge in [-0.25, -0.2) is 4.39 Å². The van der Waals surface area contributed by atoms with Crippen molar-refractivity contribution in [3.63, 3.8) is 0 Å². The monoisotopic (exact) mass is 225 g/mol. The Kier molecular flexibility index (Phi) is 2.29. The first-order chi connectivity index (χ1) is 7.39. The van der Waals surface area contributed by atoms with E-state index < -0.39 is 5.67 Å². The third-order valence-corrected chi connectivity index (χ3v) is 2.19. The SMILES string of the molecule is Cc1noc(C)c1-c1noc(C(C)(C)F)n1. The maximum atomic E-state index is 13.5. The minimum absolute atomic E-state index is 0.0532. The molecule has 0 aromatic carbocycles. The summed E-state index contributed by atoms with van der Waals surface area (Å²) in [5.74, 6) is 0.834. The Labute approximate surface area is 91.6 Å². The Bertz CT molecular complexity index is 491. The zero-order valence-electron chi connectivity index (χ0n) is 9.54. The molecule has 0 fully saturated rings. The van der Waals surface area contributed by atoms with Gasteiger partial charge < -0.3 is 9.05 Å². The molecule has 86 valence electrons. The molecule has 0 atom stereocenters. The Morgan fingerprint density at radius 1 is 1.12 bits per heavy atom.